The highest BCUT2D eigenvalue weighted by molar-refractivity contribution is 5.91. The zero-order chi connectivity index (χ0) is 18.8. The van der Waals surface area contributed by atoms with E-state index in [1.54, 1.807) is 0 Å². The number of hydrogen-bond donors (Lipinski definition) is 2. The average Bonchev–Trinajstić information content (AvgIpc) is 3.06. The van der Waals surface area contributed by atoms with Crippen LogP contribution in [0.2, 0.25) is 0 Å². The lowest BCUT2D eigenvalue weighted by Crippen LogP contribution is -2.26. The molecule has 0 saturated heterocycles. The quantitative estimate of drug-likeness (QED) is 0.548. The number of halogens is 1. The third-order valence-electron chi connectivity index (χ3n) is 4.19. The third-order valence-corrected chi connectivity index (χ3v) is 4.19. The number of para-hydroxylation sites is 1. The summed E-state index contributed by atoms with van der Waals surface area (Å²) in [7, 11) is 0. The number of aryl methyl sites for hydroxylation is 1. The van der Waals surface area contributed by atoms with E-state index in [9.17, 15) is 9.50 Å². The standard InChI is InChI=1S/C20H19FN4O2/c1-13-10-19-23-20(17-4-2-3-5-18(17)25(19)24-13)22-11-15(26)12-27-16-8-6-14(21)7-9-16/h2-10,15,26H,11-12H2,1H3,(H,22,23)/t15-/m1/s1. The summed E-state index contributed by atoms with van der Waals surface area (Å²) < 4.78 is 20.2. The molecule has 0 aliphatic rings. The van der Waals surface area contributed by atoms with Crippen LogP contribution in [0.4, 0.5) is 10.2 Å². The normalized spacial score (nSPS) is 12.4. The zero-order valence-corrected chi connectivity index (χ0v) is 14.8. The maximum absolute atomic E-state index is 12.9. The van der Waals surface area contributed by atoms with Crippen molar-refractivity contribution in [3.8, 4) is 5.75 Å². The predicted molar refractivity (Wildman–Crippen MR) is 102 cm³/mol. The fraction of sp³-hybridized carbons (Fsp3) is 0.200. The van der Waals surface area contributed by atoms with Crippen LogP contribution in [0.15, 0.2) is 54.6 Å². The minimum absolute atomic E-state index is 0.0879. The molecule has 0 bridgehead atoms. The van der Waals surface area contributed by atoms with Gasteiger partial charge in [0.25, 0.3) is 0 Å². The Labute approximate surface area is 155 Å². The van der Waals surface area contributed by atoms with E-state index in [1.165, 1.54) is 24.3 Å². The second-order valence-corrected chi connectivity index (χ2v) is 6.33. The highest BCUT2D eigenvalue weighted by Crippen LogP contribution is 2.23. The van der Waals surface area contributed by atoms with Gasteiger partial charge in [0.2, 0.25) is 0 Å². The van der Waals surface area contributed by atoms with E-state index < -0.39 is 6.10 Å². The van der Waals surface area contributed by atoms with E-state index in [1.807, 2.05) is 41.8 Å². The Morgan fingerprint density at radius 3 is 2.78 bits per heavy atom. The van der Waals surface area contributed by atoms with Gasteiger partial charge >= 0.3 is 0 Å². The Morgan fingerprint density at radius 1 is 1.19 bits per heavy atom. The van der Waals surface area contributed by atoms with Crippen molar-refractivity contribution in [1.82, 2.24) is 14.6 Å². The van der Waals surface area contributed by atoms with Crippen molar-refractivity contribution in [3.63, 3.8) is 0 Å². The minimum atomic E-state index is -0.751. The number of anilines is 1. The van der Waals surface area contributed by atoms with Gasteiger partial charge in [-0.2, -0.15) is 5.10 Å². The number of fused-ring (bicyclic) bond motifs is 3. The lowest BCUT2D eigenvalue weighted by atomic mass is 10.2. The first-order chi connectivity index (χ1) is 13.1. The maximum atomic E-state index is 12.9. The van der Waals surface area contributed by atoms with Crippen LogP contribution in [-0.2, 0) is 0 Å². The van der Waals surface area contributed by atoms with Gasteiger partial charge in [0.05, 0.1) is 11.2 Å². The summed E-state index contributed by atoms with van der Waals surface area (Å²) in [6.07, 6.45) is -0.751. The van der Waals surface area contributed by atoms with Crippen LogP contribution >= 0.6 is 0 Å². The molecule has 6 nitrogen and oxygen atoms in total. The van der Waals surface area contributed by atoms with Crippen LogP contribution < -0.4 is 10.1 Å². The molecule has 7 heteroatoms. The van der Waals surface area contributed by atoms with Crippen molar-refractivity contribution in [2.45, 2.75) is 13.0 Å². The molecule has 0 fully saturated rings. The molecule has 0 unspecified atom stereocenters. The Kier molecular flexibility index (Phi) is 4.60. The van der Waals surface area contributed by atoms with E-state index in [0.717, 1.165) is 22.2 Å². The van der Waals surface area contributed by atoms with Gasteiger partial charge in [-0.05, 0) is 43.3 Å². The number of rotatable bonds is 6. The van der Waals surface area contributed by atoms with Gasteiger partial charge in [-0.15, -0.1) is 0 Å². The molecule has 0 saturated carbocycles. The smallest absolute Gasteiger partial charge is 0.158 e. The summed E-state index contributed by atoms with van der Waals surface area (Å²) in [5.41, 5.74) is 2.57. The topological polar surface area (TPSA) is 71.7 Å². The molecule has 0 spiro atoms. The van der Waals surface area contributed by atoms with Gasteiger partial charge < -0.3 is 15.2 Å². The number of aliphatic hydroxyl groups is 1. The molecule has 0 aliphatic carbocycles. The molecule has 0 aliphatic heterocycles. The summed E-state index contributed by atoms with van der Waals surface area (Å²) in [5.74, 6) is 0.863. The van der Waals surface area contributed by atoms with Crippen LogP contribution in [0.3, 0.4) is 0 Å². The monoisotopic (exact) mass is 366 g/mol. The van der Waals surface area contributed by atoms with Crippen molar-refractivity contribution < 1.29 is 14.2 Å². The van der Waals surface area contributed by atoms with Gasteiger partial charge in [-0.25, -0.2) is 13.9 Å². The number of ether oxygens (including phenoxy) is 1. The van der Waals surface area contributed by atoms with Crippen LogP contribution in [0, 0.1) is 12.7 Å². The number of aromatic nitrogens is 3. The van der Waals surface area contributed by atoms with Gasteiger partial charge in [0.15, 0.2) is 5.65 Å². The molecule has 138 valence electrons. The predicted octanol–water partition coefficient (Wildman–Crippen LogP) is 3.18. The van der Waals surface area contributed by atoms with Gasteiger partial charge in [-0.1, -0.05) is 12.1 Å². The fourth-order valence-electron chi connectivity index (χ4n) is 2.91. The van der Waals surface area contributed by atoms with Gasteiger partial charge in [-0.3, -0.25) is 0 Å². The number of nitrogens with zero attached hydrogens (tertiary/aromatic N) is 3. The van der Waals surface area contributed by atoms with E-state index in [-0.39, 0.29) is 19.0 Å². The minimum Gasteiger partial charge on any atom is -0.491 e. The van der Waals surface area contributed by atoms with Crippen LogP contribution in [0.25, 0.3) is 16.6 Å². The van der Waals surface area contributed by atoms with Crippen molar-refractivity contribution in [1.29, 1.82) is 0 Å². The Morgan fingerprint density at radius 2 is 1.96 bits per heavy atom. The van der Waals surface area contributed by atoms with Crippen LogP contribution in [-0.4, -0.2) is 39.0 Å². The second-order valence-electron chi connectivity index (χ2n) is 6.33. The first-order valence-corrected chi connectivity index (χ1v) is 8.65. The highest BCUT2D eigenvalue weighted by atomic mass is 19.1. The van der Waals surface area contributed by atoms with E-state index in [4.69, 9.17) is 4.74 Å². The summed E-state index contributed by atoms with van der Waals surface area (Å²) in [6.45, 7) is 2.28. The van der Waals surface area contributed by atoms with E-state index >= 15 is 0 Å². The zero-order valence-electron chi connectivity index (χ0n) is 14.8. The SMILES string of the molecule is Cc1cc2nc(NC[C@@H](O)COc3ccc(F)cc3)c3ccccc3n2n1. The molecule has 27 heavy (non-hydrogen) atoms. The summed E-state index contributed by atoms with van der Waals surface area (Å²) in [6, 6.07) is 15.4. The third kappa shape index (κ3) is 3.68. The number of aliphatic hydroxyl groups excluding tert-OH is 1. The van der Waals surface area contributed by atoms with Crippen LogP contribution in [0.5, 0.6) is 5.75 Å². The van der Waals surface area contributed by atoms with Crippen LogP contribution in [0.1, 0.15) is 5.69 Å². The summed E-state index contributed by atoms with van der Waals surface area (Å²) in [5, 5.41) is 18.8. The van der Waals surface area contributed by atoms with Crippen molar-refractivity contribution in [3.05, 3.63) is 66.1 Å². The van der Waals surface area contributed by atoms with Crippen molar-refractivity contribution in [2.75, 3.05) is 18.5 Å². The van der Waals surface area contributed by atoms with E-state index in [0.29, 0.717) is 11.6 Å². The molecular weight excluding hydrogens is 347 g/mol. The first-order valence-electron chi connectivity index (χ1n) is 8.65. The summed E-state index contributed by atoms with van der Waals surface area (Å²) in [4.78, 5) is 4.62. The molecule has 0 radical (unpaired) electrons. The Balaban J connectivity index is 1.48. The largest absolute Gasteiger partial charge is 0.491 e. The maximum Gasteiger partial charge on any atom is 0.158 e. The lowest BCUT2D eigenvalue weighted by molar-refractivity contribution is 0.117. The van der Waals surface area contributed by atoms with Gasteiger partial charge in [0.1, 0.15) is 30.1 Å². The first kappa shape index (κ1) is 17.2. The van der Waals surface area contributed by atoms with Gasteiger partial charge in [0, 0.05) is 18.0 Å². The molecule has 2 heterocycles. The number of benzene rings is 2. The molecule has 4 aromatic rings. The van der Waals surface area contributed by atoms with Crippen molar-refractivity contribution in [2.24, 2.45) is 0 Å². The number of hydrogen-bond acceptors (Lipinski definition) is 5. The molecule has 2 N–H and O–H groups in total. The molecule has 2 aromatic carbocycles. The summed E-state index contributed by atoms with van der Waals surface area (Å²) >= 11 is 0. The highest BCUT2D eigenvalue weighted by Gasteiger charge is 2.12. The van der Waals surface area contributed by atoms with Crippen molar-refractivity contribution >= 4 is 22.4 Å². The Hall–Kier alpha value is -3.19. The average molecular weight is 366 g/mol. The molecule has 4 rings (SSSR count). The molecule has 0 amide bonds. The lowest BCUT2D eigenvalue weighted by Gasteiger charge is -2.15. The fourth-order valence-corrected chi connectivity index (χ4v) is 2.91. The number of nitrogens with one attached hydrogen (secondary N) is 1. The molecular formula is C20H19FN4O2. The molecule has 1 atom stereocenters. The second kappa shape index (κ2) is 7.20. The molecule has 2 aromatic heterocycles. The Bertz CT molecular complexity index is 1080. The van der Waals surface area contributed by atoms with E-state index in [2.05, 4.69) is 15.4 Å².